The average molecular weight is 1430 g/mol. The molecule has 96 heavy (non-hydrogen) atoms. The molecule has 0 saturated heterocycles. The van der Waals surface area contributed by atoms with Gasteiger partial charge in [0.15, 0.2) is 0 Å². The lowest BCUT2D eigenvalue weighted by molar-refractivity contribution is 0.414. The van der Waals surface area contributed by atoms with Gasteiger partial charge in [-0.2, -0.15) is 28.6 Å². The van der Waals surface area contributed by atoms with E-state index in [1.807, 2.05) is 55.5 Å². The second-order valence-electron chi connectivity index (χ2n) is 25.2. The minimum atomic E-state index is -4.13. The summed E-state index contributed by atoms with van der Waals surface area (Å²) in [6.07, 6.45) is 2.75. The highest BCUT2D eigenvalue weighted by Gasteiger charge is 2.30. The van der Waals surface area contributed by atoms with Crippen molar-refractivity contribution in [3.63, 3.8) is 0 Å². The smallest absolute Gasteiger partial charge is 0.265 e. The second-order valence-corrected chi connectivity index (χ2v) is 40.1. The molecule has 0 unspecified atom stereocenters. The van der Waals surface area contributed by atoms with Gasteiger partial charge in [0.2, 0.25) is 19.7 Å². The van der Waals surface area contributed by atoms with Gasteiger partial charge in [-0.3, -0.25) is 9.11 Å². The van der Waals surface area contributed by atoms with Crippen molar-refractivity contribution in [2.24, 2.45) is 0 Å². The van der Waals surface area contributed by atoms with Gasteiger partial charge in [0, 0.05) is 32.8 Å². The monoisotopic (exact) mass is 1430 g/mol. The first-order valence-corrected chi connectivity index (χ1v) is 43.3. The van der Waals surface area contributed by atoms with Crippen molar-refractivity contribution in [2.75, 3.05) is 30.1 Å². The molecule has 0 heterocycles. The highest BCUT2D eigenvalue weighted by molar-refractivity contribution is 8.08. The van der Waals surface area contributed by atoms with E-state index in [4.69, 9.17) is 18.9 Å². The highest BCUT2D eigenvalue weighted by Crippen LogP contribution is 2.43. The average Bonchev–Trinajstić information content (AvgIpc) is 0.794. The third-order valence-electron chi connectivity index (χ3n) is 18.4. The Balaban J connectivity index is 0.990. The number of thioether (sulfide) groups is 2. The number of benzene rings is 8. The van der Waals surface area contributed by atoms with E-state index in [-0.39, 0.29) is 37.5 Å². The third kappa shape index (κ3) is 19.0. The first kappa shape index (κ1) is 75.1. The largest absolute Gasteiger partial charge is 0.497 e. The Bertz CT molecular complexity index is 4490. The number of methoxy groups -OCH3 is 1. The number of aryl methyl sites for hydroxylation is 3. The van der Waals surface area contributed by atoms with Crippen LogP contribution in [0.4, 0.5) is 0 Å². The summed E-state index contributed by atoms with van der Waals surface area (Å²) in [5.74, 6) is 4.13. The summed E-state index contributed by atoms with van der Waals surface area (Å²) >= 11 is 2.74. The molecule has 0 bridgehead atoms. The van der Waals surface area contributed by atoms with Crippen molar-refractivity contribution in [3.05, 3.63) is 227 Å². The molecule has 0 fully saturated rings. The highest BCUT2D eigenvalue weighted by atomic mass is 32.2. The Morgan fingerprint density at radius 1 is 0.479 bits per heavy atom. The summed E-state index contributed by atoms with van der Waals surface area (Å²) in [6.45, 7) is 23.8. The molecule has 0 spiro atoms. The lowest BCUT2D eigenvalue weighted by atomic mass is 9.76. The molecular formula is C75H88O14S6Si. The lowest BCUT2D eigenvalue weighted by Crippen LogP contribution is -2.30. The molecule has 0 amide bonds. The Hall–Kier alpha value is -6.66. The van der Waals surface area contributed by atoms with Crippen LogP contribution in [0.3, 0.4) is 0 Å². The van der Waals surface area contributed by atoms with Gasteiger partial charge in [0.1, 0.15) is 40.2 Å². The van der Waals surface area contributed by atoms with Gasteiger partial charge < -0.3 is 18.9 Å². The van der Waals surface area contributed by atoms with E-state index in [0.29, 0.717) is 63.1 Å². The van der Waals surface area contributed by atoms with Crippen LogP contribution >= 0.6 is 23.5 Å². The molecule has 0 aliphatic heterocycles. The molecule has 512 valence electrons. The maximum absolute atomic E-state index is 14.3. The van der Waals surface area contributed by atoms with Crippen LogP contribution in [-0.4, -0.2) is 81.0 Å². The molecule has 0 aliphatic carbocycles. The van der Waals surface area contributed by atoms with Crippen LogP contribution in [0.2, 0.25) is 24.2 Å². The minimum Gasteiger partial charge on any atom is -0.497 e. The van der Waals surface area contributed by atoms with Crippen LogP contribution in [0.25, 0.3) is 4.91 Å². The van der Waals surface area contributed by atoms with Gasteiger partial charge in [0.25, 0.3) is 20.2 Å². The Morgan fingerprint density at radius 3 is 1.28 bits per heavy atom. The zero-order valence-electron chi connectivity index (χ0n) is 56.3. The number of rotatable bonds is 34. The van der Waals surface area contributed by atoms with Crippen LogP contribution in [0.15, 0.2) is 196 Å². The van der Waals surface area contributed by atoms with Crippen LogP contribution in [0, 0.1) is 6.92 Å². The van der Waals surface area contributed by atoms with E-state index in [9.17, 15) is 42.8 Å². The second kappa shape index (κ2) is 31.9. The fourth-order valence-corrected chi connectivity index (χ4v) is 21.1. The molecule has 8 aromatic carbocycles. The van der Waals surface area contributed by atoms with Crippen molar-refractivity contribution in [2.45, 2.75) is 148 Å². The van der Waals surface area contributed by atoms with E-state index >= 15 is 0 Å². The first-order chi connectivity index (χ1) is 45.3. The topological polar surface area (TPSA) is 214 Å². The number of hydrogen-bond donors (Lipinski definition) is 2. The quantitative estimate of drug-likeness (QED) is 0.0218. The summed E-state index contributed by atoms with van der Waals surface area (Å²) in [5.41, 5.74) is 7.79. The van der Waals surface area contributed by atoms with E-state index in [1.54, 1.807) is 72.8 Å². The standard InChI is InChI=1S/C75H88O14S6Si/c1-12-55-48-58(21-40-71(55)87-63-26-34-67(35-27-63)94(82,83)66-32-24-62(86-11)25-33-66)74(7,8)59-22-41-72(56(49-59)18-16-47-96(13-2,14-3)15-4)88-64-28-36-68(37-29-64)95(84,85)69-38-30-65(31-39-69)89-73-42-23-60(50-57(73)52-90-43-17-45-92(76,77)78)75(9,10)61-20-19-53(5)70(51-61)54(6)91-44-46-93(79,80)81/h19-42,48-51H,6,12-18,43-47,52H2,1-5,7-11H3,(H,76,77,78)(H,79,80,81). The number of ether oxygens (including phenoxy) is 4. The third-order valence-corrected chi connectivity index (χ3v) is 31.7. The summed E-state index contributed by atoms with van der Waals surface area (Å²) in [7, 11) is -15.9. The van der Waals surface area contributed by atoms with E-state index in [0.717, 1.165) is 62.9 Å². The Morgan fingerprint density at radius 2 is 0.865 bits per heavy atom. The fourth-order valence-electron chi connectivity index (χ4n) is 11.7. The normalized spacial score (nSPS) is 12.5. The van der Waals surface area contributed by atoms with Crippen molar-refractivity contribution in [1.82, 2.24) is 0 Å². The molecule has 0 saturated carbocycles. The van der Waals surface area contributed by atoms with Gasteiger partial charge >= 0.3 is 0 Å². The Labute approximate surface area is 579 Å². The fraction of sp³-hybridized carbons (Fsp3) is 0.333. The molecule has 2 N–H and O–H groups in total. The van der Waals surface area contributed by atoms with Crippen LogP contribution in [-0.2, 0) is 69.3 Å². The molecular weight excluding hydrogens is 1350 g/mol. The molecule has 0 aromatic heterocycles. The van der Waals surface area contributed by atoms with Crippen molar-refractivity contribution >= 4 is 76.4 Å². The van der Waals surface area contributed by atoms with Crippen LogP contribution < -0.4 is 18.9 Å². The maximum atomic E-state index is 14.3. The van der Waals surface area contributed by atoms with E-state index in [1.165, 1.54) is 79.1 Å². The maximum Gasteiger partial charge on any atom is 0.265 e. The van der Waals surface area contributed by atoms with Gasteiger partial charge in [-0.1, -0.05) is 141 Å². The lowest BCUT2D eigenvalue weighted by Gasteiger charge is -2.29. The van der Waals surface area contributed by atoms with Gasteiger partial charge in [0.05, 0.1) is 46.3 Å². The molecule has 8 aromatic rings. The van der Waals surface area contributed by atoms with Crippen LogP contribution in [0.1, 0.15) is 118 Å². The van der Waals surface area contributed by atoms with Gasteiger partial charge in [-0.05, 0) is 198 Å². The number of hydrogen-bond acceptors (Lipinski definition) is 14. The molecule has 8 rings (SSSR count). The molecule has 0 radical (unpaired) electrons. The van der Waals surface area contributed by atoms with Crippen molar-refractivity contribution < 1.29 is 61.7 Å². The van der Waals surface area contributed by atoms with Crippen LogP contribution in [0.5, 0.6) is 40.2 Å². The molecule has 0 aliphatic rings. The predicted molar refractivity (Wildman–Crippen MR) is 393 cm³/mol. The summed E-state index contributed by atoms with van der Waals surface area (Å²) in [5, 5.41) is 0. The summed E-state index contributed by atoms with van der Waals surface area (Å²) < 4.78 is 145. The zero-order valence-corrected chi connectivity index (χ0v) is 62.2. The predicted octanol–water partition coefficient (Wildman–Crippen LogP) is 18.8. The van der Waals surface area contributed by atoms with Crippen molar-refractivity contribution in [3.8, 4) is 40.2 Å². The molecule has 21 heteroatoms. The summed E-state index contributed by atoms with van der Waals surface area (Å²) in [6, 6.07) is 54.9. The van der Waals surface area contributed by atoms with Crippen molar-refractivity contribution in [1.29, 1.82) is 0 Å². The van der Waals surface area contributed by atoms with Gasteiger partial charge in [-0.25, -0.2) is 16.8 Å². The SMILES string of the molecule is C=C(SCCS(=O)(=O)O)c1cc(C(C)(C)c2ccc(Oc3ccc(S(=O)(=O)c4ccc(Oc5ccc(C(C)(C)c6ccc(Oc7ccc(S(=O)(=O)c8ccc(OC)cc8)cc7)c(CC)c6)cc5CCC[Si](CC)(CC)CC)cc4)cc3)c(CSCCCS(=O)(=O)O)c2)ccc1C. The Kier molecular flexibility index (Phi) is 25.0. The minimum absolute atomic E-state index is 0.0677. The molecule has 0 atom stereocenters. The number of sulfone groups is 2. The first-order valence-electron chi connectivity index (χ1n) is 32.1. The zero-order chi connectivity index (χ0) is 69.9. The summed E-state index contributed by atoms with van der Waals surface area (Å²) in [4.78, 5) is 1.16. The molecule has 14 nitrogen and oxygen atoms in total. The van der Waals surface area contributed by atoms with E-state index in [2.05, 4.69) is 86.2 Å². The van der Waals surface area contributed by atoms with Gasteiger partial charge in [-0.15, -0.1) is 11.8 Å². The van der Waals surface area contributed by atoms with E-state index < -0.39 is 64.6 Å².